The van der Waals surface area contributed by atoms with Gasteiger partial charge in [0.15, 0.2) is 0 Å². The third-order valence-electron chi connectivity index (χ3n) is 3.13. The smallest absolute Gasteiger partial charge is 0.0649 e. The summed E-state index contributed by atoms with van der Waals surface area (Å²) >= 11 is 5.79. The van der Waals surface area contributed by atoms with Crippen LogP contribution in [0.2, 0.25) is 0 Å². The molecular weight excluding hydrogens is 232 g/mol. The van der Waals surface area contributed by atoms with Gasteiger partial charge in [-0.05, 0) is 43.5 Å². The summed E-state index contributed by atoms with van der Waals surface area (Å²) in [6.45, 7) is 6.35. The fourth-order valence-corrected chi connectivity index (χ4v) is 2.34. The largest absolute Gasteiger partial charge is 0.238 e. The monoisotopic (exact) mass is 248 g/mol. The highest BCUT2D eigenvalue weighted by Gasteiger charge is 2.10. The van der Waals surface area contributed by atoms with Gasteiger partial charge in [0, 0.05) is 11.6 Å². The third-order valence-corrected chi connectivity index (χ3v) is 3.44. The molecule has 2 aromatic rings. The van der Waals surface area contributed by atoms with Crippen molar-refractivity contribution >= 4 is 11.6 Å². The molecule has 0 radical (unpaired) electrons. The first-order chi connectivity index (χ1) is 8.17. The summed E-state index contributed by atoms with van der Waals surface area (Å²) in [4.78, 5) is 0. The fraction of sp³-hybridized carbons (Fsp3) is 0.357. The van der Waals surface area contributed by atoms with Gasteiger partial charge in [-0.3, -0.25) is 0 Å². The Labute approximate surface area is 107 Å². The maximum Gasteiger partial charge on any atom is 0.0649 e. The van der Waals surface area contributed by atoms with Crippen molar-refractivity contribution in [2.45, 2.75) is 33.1 Å². The first-order valence-corrected chi connectivity index (χ1v) is 6.41. The second-order valence-corrected chi connectivity index (χ2v) is 4.48. The lowest BCUT2D eigenvalue weighted by atomic mass is 10.1. The van der Waals surface area contributed by atoms with Crippen molar-refractivity contribution in [3.63, 3.8) is 0 Å². The molecule has 90 valence electrons. The molecule has 0 unspecified atom stereocenters. The molecule has 0 bridgehead atoms. The van der Waals surface area contributed by atoms with Gasteiger partial charge in [0.1, 0.15) is 0 Å². The van der Waals surface area contributed by atoms with E-state index in [1.54, 1.807) is 0 Å². The molecule has 0 amide bonds. The lowest BCUT2D eigenvalue weighted by Gasteiger charge is -2.05. The van der Waals surface area contributed by atoms with Gasteiger partial charge < -0.3 is 0 Å². The highest BCUT2D eigenvalue weighted by Crippen LogP contribution is 2.19. The van der Waals surface area contributed by atoms with Crippen LogP contribution in [-0.2, 0) is 12.3 Å². The number of hydrogen-bond donors (Lipinski definition) is 0. The minimum Gasteiger partial charge on any atom is -0.238 e. The molecule has 0 saturated heterocycles. The summed E-state index contributed by atoms with van der Waals surface area (Å²) in [7, 11) is 0. The first kappa shape index (κ1) is 12.2. The summed E-state index contributed by atoms with van der Waals surface area (Å²) in [6.07, 6.45) is 1.03. The van der Waals surface area contributed by atoms with Crippen molar-refractivity contribution in [1.29, 1.82) is 0 Å². The van der Waals surface area contributed by atoms with Crippen molar-refractivity contribution in [3.05, 3.63) is 46.8 Å². The Hall–Kier alpha value is -1.28. The van der Waals surface area contributed by atoms with Crippen LogP contribution < -0.4 is 0 Å². The van der Waals surface area contributed by atoms with Gasteiger partial charge in [0.25, 0.3) is 0 Å². The Morgan fingerprint density at radius 3 is 2.29 bits per heavy atom. The number of halogens is 1. The Balaban J connectivity index is 2.45. The molecule has 1 heterocycles. The fourth-order valence-electron chi connectivity index (χ4n) is 2.16. The lowest BCUT2D eigenvalue weighted by molar-refractivity contribution is 0.832. The summed E-state index contributed by atoms with van der Waals surface area (Å²) in [5.74, 6) is 0.553. The van der Waals surface area contributed by atoms with Gasteiger partial charge in [-0.1, -0.05) is 19.1 Å². The normalized spacial score (nSPS) is 10.8. The molecule has 2 rings (SSSR count). The molecule has 0 aliphatic carbocycles. The van der Waals surface area contributed by atoms with Crippen LogP contribution in [0.3, 0.4) is 0 Å². The van der Waals surface area contributed by atoms with Crippen LogP contribution in [0.4, 0.5) is 0 Å². The van der Waals surface area contributed by atoms with Crippen molar-refractivity contribution in [2.75, 3.05) is 0 Å². The van der Waals surface area contributed by atoms with Crippen LogP contribution in [0.1, 0.15) is 29.4 Å². The van der Waals surface area contributed by atoms with Crippen LogP contribution in [0.5, 0.6) is 0 Å². The van der Waals surface area contributed by atoms with Crippen molar-refractivity contribution in [1.82, 2.24) is 9.78 Å². The van der Waals surface area contributed by atoms with E-state index in [1.165, 1.54) is 11.3 Å². The van der Waals surface area contributed by atoms with Gasteiger partial charge in [0.2, 0.25) is 0 Å². The van der Waals surface area contributed by atoms with Crippen LogP contribution >= 0.6 is 11.6 Å². The van der Waals surface area contributed by atoms with E-state index in [1.807, 2.05) is 16.8 Å². The molecule has 2 nitrogen and oxygen atoms in total. The van der Waals surface area contributed by atoms with E-state index in [2.05, 4.69) is 38.0 Å². The molecule has 1 aromatic heterocycles. The minimum absolute atomic E-state index is 0.553. The van der Waals surface area contributed by atoms with Gasteiger partial charge in [-0.15, -0.1) is 11.6 Å². The SMILES string of the molecule is CCc1c(C)nn(-c2ccc(CCl)cc2)c1C. The van der Waals surface area contributed by atoms with Crippen LogP contribution in [0, 0.1) is 13.8 Å². The van der Waals surface area contributed by atoms with E-state index in [0.717, 1.165) is 23.4 Å². The molecule has 0 spiro atoms. The predicted octanol–water partition coefficient (Wildman–Crippen LogP) is 3.79. The van der Waals surface area contributed by atoms with Gasteiger partial charge in [-0.25, -0.2) is 4.68 Å². The average Bonchev–Trinajstić information content (AvgIpc) is 2.64. The number of aromatic nitrogens is 2. The quantitative estimate of drug-likeness (QED) is 0.756. The number of hydrogen-bond acceptors (Lipinski definition) is 1. The zero-order chi connectivity index (χ0) is 12.4. The summed E-state index contributed by atoms with van der Waals surface area (Å²) in [6, 6.07) is 8.22. The van der Waals surface area contributed by atoms with E-state index < -0.39 is 0 Å². The second-order valence-electron chi connectivity index (χ2n) is 4.21. The van der Waals surface area contributed by atoms with E-state index in [4.69, 9.17) is 11.6 Å². The molecule has 0 atom stereocenters. The van der Waals surface area contributed by atoms with Crippen molar-refractivity contribution in [2.24, 2.45) is 0 Å². The molecule has 0 aliphatic rings. The summed E-state index contributed by atoms with van der Waals surface area (Å²) in [5, 5.41) is 4.59. The number of rotatable bonds is 3. The van der Waals surface area contributed by atoms with E-state index in [0.29, 0.717) is 5.88 Å². The Kier molecular flexibility index (Phi) is 3.53. The van der Waals surface area contributed by atoms with Crippen LogP contribution in [0.15, 0.2) is 24.3 Å². The number of nitrogens with zero attached hydrogens (tertiary/aromatic N) is 2. The topological polar surface area (TPSA) is 17.8 Å². The second kappa shape index (κ2) is 4.92. The van der Waals surface area contributed by atoms with Crippen LogP contribution in [0.25, 0.3) is 5.69 Å². The molecular formula is C14H17ClN2. The Bertz CT molecular complexity index is 512. The molecule has 0 N–H and O–H groups in total. The number of aryl methyl sites for hydroxylation is 1. The molecule has 3 heteroatoms. The predicted molar refractivity (Wildman–Crippen MR) is 72.0 cm³/mol. The van der Waals surface area contributed by atoms with Crippen molar-refractivity contribution in [3.8, 4) is 5.69 Å². The first-order valence-electron chi connectivity index (χ1n) is 5.87. The maximum atomic E-state index is 5.79. The zero-order valence-corrected chi connectivity index (χ0v) is 11.3. The minimum atomic E-state index is 0.553. The van der Waals surface area contributed by atoms with Gasteiger partial charge >= 0.3 is 0 Å². The summed E-state index contributed by atoms with van der Waals surface area (Å²) < 4.78 is 2.01. The molecule has 0 saturated carbocycles. The van der Waals surface area contributed by atoms with E-state index in [-0.39, 0.29) is 0 Å². The molecule has 0 fully saturated rings. The highest BCUT2D eigenvalue weighted by atomic mass is 35.5. The zero-order valence-electron chi connectivity index (χ0n) is 10.5. The Morgan fingerprint density at radius 2 is 1.82 bits per heavy atom. The summed E-state index contributed by atoms with van der Waals surface area (Å²) in [5.41, 5.74) is 5.91. The van der Waals surface area contributed by atoms with Gasteiger partial charge in [0.05, 0.1) is 11.4 Å². The lowest BCUT2D eigenvalue weighted by Crippen LogP contribution is -1.99. The van der Waals surface area contributed by atoms with Gasteiger partial charge in [-0.2, -0.15) is 5.10 Å². The standard InChI is InChI=1S/C14H17ClN2/c1-4-14-10(2)16-17(11(14)3)13-7-5-12(9-15)6-8-13/h5-8H,4,9H2,1-3H3. The maximum absolute atomic E-state index is 5.79. The molecule has 17 heavy (non-hydrogen) atoms. The third kappa shape index (κ3) is 2.22. The van der Waals surface area contributed by atoms with E-state index in [9.17, 15) is 0 Å². The number of benzene rings is 1. The average molecular weight is 249 g/mol. The number of alkyl halides is 1. The highest BCUT2D eigenvalue weighted by molar-refractivity contribution is 6.17. The van der Waals surface area contributed by atoms with E-state index >= 15 is 0 Å². The Morgan fingerprint density at radius 1 is 1.18 bits per heavy atom. The van der Waals surface area contributed by atoms with Crippen LogP contribution in [-0.4, -0.2) is 9.78 Å². The van der Waals surface area contributed by atoms with Crippen molar-refractivity contribution < 1.29 is 0 Å². The molecule has 0 aliphatic heterocycles. The molecule has 1 aromatic carbocycles.